The molecule has 1 rings (SSSR count). The lowest BCUT2D eigenvalue weighted by atomic mass is 10.4. The Balaban J connectivity index is 2.69. The number of rotatable bonds is 1. The van der Waals surface area contributed by atoms with Crippen molar-refractivity contribution in [2.24, 2.45) is 4.99 Å². The summed E-state index contributed by atoms with van der Waals surface area (Å²) < 4.78 is 0. The van der Waals surface area contributed by atoms with E-state index in [4.69, 9.17) is 0 Å². The molecule has 1 heteroatoms. The topological polar surface area (TPSA) is 12.4 Å². The average Bonchev–Trinajstić information content (AvgIpc) is 2.14. The van der Waals surface area contributed by atoms with Gasteiger partial charge in [0.2, 0.25) is 0 Å². The molecule has 0 aliphatic carbocycles. The molecule has 7 heavy (non-hydrogen) atoms. The Hall–Kier alpha value is -0.850. The van der Waals surface area contributed by atoms with Gasteiger partial charge in [0.1, 0.15) is 0 Å². The Morgan fingerprint density at radius 1 is 1.86 bits per heavy atom. The highest BCUT2D eigenvalue weighted by atomic mass is 14.7. The van der Waals surface area contributed by atoms with E-state index < -0.39 is 0 Å². The molecule has 0 N–H and O–H groups in total. The quantitative estimate of drug-likeness (QED) is 0.461. The van der Waals surface area contributed by atoms with Crippen molar-refractivity contribution < 1.29 is 0 Å². The molecule has 0 radical (unpaired) electrons. The van der Waals surface area contributed by atoms with Gasteiger partial charge in [0.05, 0.1) is 12.3 Å². The van der Waals surface area contributed by atoms with Gasteiger partial charge in [-0.25, -0.2) is 0 Å². The van der Waals surface area contributed by atoms with Crippen LogP contribution in [-0.4, -0.2) is 12.3 Å². The van der Waals surface area contributed by atoms with Gasteiger partial charge in [0, 0.05) is 0 Å². The Bertz CT molecular complexity index is 131. The van der Waals surface area contributed by atoms with Crippen molar-refractivity contribution in [2.45, 2.75) is 0 Å². The van der Waals surface area contributed by atoms with E-state index in [-0.39, 0.29) is 0 Å². The summed E-state index contributed by atoms with van der Waals surface area (Å²) in [7, 11) is 0. The van der Waals surface area contributed by atoms with E-state index in [9.17, 15) is 0 Å². The van der Waals surface area contributed by atoms with Crippen molar-refractivity contribution in [1.82, 2.24) is 0 Å². The van der Waals surface area contributed by atoms with Crippen LogP contribution in [0.5, 0.6) is 0 Å². The van der Waals surface area contributed by atoms with Gasteiger partial charge in [-0.05, 0) is 12.2 Å². The zero-order valence-corrected chi connectivity index (χ0v) is 4.09. The Kier molecular flexibility index (Phi) is 1.07. The van der Waals surface area contributed by atoms with Crippen LogP contribution in [0.2, 0.25) is 0 Å². The SMILES string of the molecule is C=CC1=NCC=C1. The molecule has 0 fully saturated rings. The zero-order chi connectivity index (χ0) is 5.11. The van der Waals surface area contributed by atoms with E-state index in [1.807, 2.05) is 12.2 Å². The second kappa shape index (κ2) is 1.73. The molecule has 1 nitrogen and oxygen atoms in total. The van der Waals surface area contributed by atoms with Crippen LogP contribution in [0.15, 0.2) is 29.8 Å². The van der Waals surface area contributed by atoms with E-state index >= 15 is 0 Å². The van der Waals surface area contributed by atoms with E-state index in [0.717, 1.165) is 12.3 Å². The van der Waals surface area contributed by atoms with Crippen LogP contribution in [0.25, 0.3) is 0 Å². The van der Waals surface area contributed by atoms with E-state index in [1.54, 1.807) is 6.08 Å². The molecule has 0 spiro atoms. The van der Waals surface area contributed by atoms with Crippen LogP contribution in [0.3, 0.4) is 0 Å². The molecule has 1 aliphatic heterocycles. The molecule has 1 heterocycles. The lowest BCUT2D eigenvalue weighted by molar-refractivity contribution is 1.29. The first-order valence-electron chi connectivity index (χ1n) is 2.27. The Morgan fingerprint density at radius 3 is 3.00 bits per heavy atom. The van der Waals surface area contributed by atoms with Crippen LogP contribution < -0.4 is 0 Å². The van der Waals surface area contributed by atoms with Crippen LogP contribution in [0.1, 0.15) is 0 Å². The fourth-order valence-electron chi connectivity index (χ4n) is 0.517. The first kappa shape index (κ1) is 4.31. The summed E-state index contributed by atoms with van der Waals surface area (Å²) in [4.78, 5) is 4.04. The third-order valence-corrected chi connectivity index (χ3v) is 0.877. The monoisotopic (exact) mass is 93.1 g/mol. The second-order valence-electron chi connectivity index (χ2n) is 1.37. The van der Waals surface area contributed by atoms with E-state index in [2.05, 4.69) is 11.6 Å². The van der Waals surface area contributed by atoms with Crippen molar-refractivity contribution in [3.05, 3.63) is 24.8 Å². The standard InChI is InChI=1S/C6H7N/c1-2-6-4-3-5-7-6/h2-4H,1,5H2. The molecular weight excluding hydrogens is 86.1 g/mol. The second-order valence-corrected chi connectivity index (χ2v) is 1.37. The summed E-state index contributed by atoms with van der Waals surface area (Å²) >= 11 is 0. The van der Waals surface area contributed by atoms with Gasteiger partial charge in [-0.3, -0.25) is 4.99 Å². The van der Waals surface area contributed by atoms with Gasteiger partial charge in [-0.15, -0.1) is 0 Å². The predicted octanol–water partition coefficient (Wildman–Crippen LogP) is 1.18. The zero-order valence-electron chi connectivity index (χ0n) is 4.09. The smallest absolute Gasteiger partial charge is 0.0581 e. The Morgan fingerprint density at radius 2 is 2.71 bits per heavy atom. The summed E-state index contributed by atoms with van der Waals surface area (Å²) in [6, 6.07) is 0. The average molecular weight is 93.1 g/mol. The highest BCUT2D eigenvalue weighted by Crippen LogP contribution is 1.92. The molecule has 0 atom stereocenters. The molecule has 36 valence electrons. The first-order valence-corrected chi connectivity index (χ1v) is 2.27. The predicted molar refractivity (Wildman–Crippen MR) is 31.6 cm³/mol. The normalized spacial score (nSPS) is 16.9. The molecule has 0 saturated heterocycles. The number of allylic oxidation sites excluding steroid dienone is 2. The minimum Gasteiger partial charge on any atom is -0.281 e. The molecule has 0 amide bonds. The summed E-state index contributed by atoms with van der Waals surface area (Å²) in [6.45, 7) is 4.40. The molecule has 0 bridgehead atoms. The van der Waals surface area contributed by atoms with Crippen molar-refractivity contribution in [1.29, 1.82) is 0 Å². The maximum Gasteiger partial charge on any atom is 0.0581 e. The number of hydrogen-bond donors (Lipinski definition) is 0. The molecule has 0 saturated carbocycles. The van der Waals surface area contributed by atoms with Gasteiger partial charge in [-0.2, -0.15) is 0 Å². The largest absolute Gasteiger partial charge is 0.281 e. The number of hydrogen-bond acceptors (Lipinski definition) is 1. The van der Waals surface area contributed by atoms with Crippen LogP contribution in [-0.2, 0) is 0 Å². The fourth-order valence-corrected chi connectivity index (χ4v) is 0.517. The number of aliphatic imine (C=N–C) groups is 1. The number of nitrogens with zero attached hydrogens (tertiary/aromatic N) is 1. The van der Waals surface area contributed by atoms with Gasteiger partial charge < -0.3 is 0 Å². The van der Waals surface area contributed by atoms with Crippen molar-refractivity contribution in [2.75, 3.05) is 6.54 Å². The molecule has 1 aliphatic rings. The third-order valence-electron chi connectivity index (χ3n) is 0.877. The van der Waals surface area contributed by atoms with E-state index in [0.29, 0.717) is 0 Å². The summed E-state index contributed by atoms with van der Waals surface area (Å²) in [5.41, 5.74) is 1.00. The Labute approximate surface area is 43.1 Å². The minimum atomic E-state index is 0.835. The highest BCUT2D eigenvalue weighted by Gasteiger charge is 1.88. The first-order chi connectivity index (χ1) is 3.43. The van der Waals surface area contributed by atoms with Crippen LogP contribution in [0, 0.1) is 0 Å². The summed E-state index contributed by atoms with van der Waals surface area (Å²) in [5.74, 6) is 0. The minimum absolute atomic E-state index is 0.835. The lowest BCUT2D eigenvalue weighted by Crippen LogP contribution is -1.77. The maximum absolute atomic E-state index is 4.04. The van der Waals surface area contributed by atoms with Crippen molar-refractivity contribution in [3.8, 4) is 0 Å². The van der Waals surface area contributed by atoms with Gasteiger partial charge in [-0.1, -0.05) is 12.7 Å². The third kappa shape index (κ3) is 0.769. The van der Waals surface area contributed by atoms with E-state index in [1.165, 1.54) is 0 Å². The molecule has 0 aromatic heterocycles. The molecule has 0 aromatic carbocycles. The van der Waals surface area contributed by atoms with Crippen LogP contribution >= 0.6 is 0 Å². The lowest BCUT2D eigenvalue weighted by Gasteiger charge is -1.76. The highest BCUT2D eigenvalue weighted by molar-refractivity contribution is 6.04. The van der Waals surface area contributed by atoms with Crippen LogP contribution in [0.4, 0.5) is 0 Å². The van der Waals surface area contributed by atoms with Gasteiger partial charge in [0.15, 0.2) is 0 Å². The van der Waals surface area contributed by atoms with Crippen molar-refractivity contribution >= 4 is 5.71 Å². The fraction of sp³-hybridized carbons (Fsp3) is 0.167. The molecular formula is C6H7N. The van der Waals surface area contributed by atoms with Crippen molar-refractivity contribution in [3.63, 3.8) is 0 Å². The molecule has 0 unspecified atom stereocenters. The maximum atomic E-state index is 4.04. The van der Waals surface area contributed by atoms with Gasteiger partial charge in [0.25, 0.3) is 0 Å². The summed E-state index contributed by atoms with van der Waals surface area (Å²) in [6.07, 6.45) is 5.73. The van der Waals surface area contributed by atoms with Gasteiger partial charge >= 0.3 is 0 Å². The molecule has 0 aromatic rings. The summed E-state index contributed by atoms with van der Waals surface area (Å²) in [5, 5.41) is 0.